The summed E-state index contributed by atoms with van der Waals surface area (Å²) in [4.78, 5) is 13.6. The fraction of sp³-hybridized carbons (Fsp3) is 0.160. The van der Waals surface area contributed by atoms with Crippen molar-refractivity contribution in [1.29, 1.82) is 0 Å². The van der Waals surface area contributed by atoms with Crippen LogP contribution in [0.4, 0.5) is 0 Å². The van der Waals surface area contributed by atoms with Crippen LogP contribution in [0.1, 0.15) is 11.1 Å². The molecule has 1 unspecified atom stereocenters. The molecular formula is C25H22NO4+. The molecule has 1 aliphatic heterocycles. The van der Waals surface area contributed by atoms with E-state index < -0.39 is 0 Å². The predicted molar refractivity (Wildman–Crippen MR) is 115 cm³/mol. The molecule has 150 valence electrons. The zero-order valence-electron chi connectivity index (χ0n) is 16.7. The Labute approximate surface area is 174 Å². The molecule has 1 aliphatic rings. The highest BCUT2D eigenvalue weighted by Crippen LogP contribution is 2.34. The summed E-state index contributed by atoms with van der Waals surface area (Å²) in [6, 6.07) is 23.4. The molecule has 5 rings (SSSR count). The van der Waals surface area contributed by atoms with Crippen molar-refractivity contribution in [2.75, 3.05) is 13.8 Å². The van der Waals surface area contributed by atoms with E-state index in [0.29, 0.717) is 18.9 Å². The molecule has 0 amide bonds. The second kappa shape index (κ2) is 7.69. The van der Waals surface area contributed by atoms with E-state index in [2.05, 4.69) is 6.07 Å². The van der Waals surface area contributed by atoms with Crippen molar-refractivity contribution >= 4 is 11.0 Å². The molecule has 0 spiro atoms. The van der Waals surface area contributed by atoms with E-state index in [-0.39, 0.29) is 5.63 Å². The lowest BCUT2D eigenvalue weighted by Gasteiger charge is -2.27. The van der Waals surface area contributed by atoms with Crippen LogP contribution in [0.15, 0.2) is 82.0 Å². The highest BCUT2D eigenvalue weighted by atomic mass is 16.5. The highest BCUT2D eigenvalue weighted by molar-refractivity contribution is 5.95. The van der Waals surface area contributed by atoms with E-state index in [1.165, 1.54) is 4.90 Å². The van der Waals surface area contributed by atoms with E-state index >= 15 is 0 Å². The van der Waals surface area contributed by atoms with Gasteiger partial charge in [0.25, 0.3) is 0 Å². The van der Waals surface area contributed by atoms with E-state index in [9.17, 15) is 4.79 Å². The summed E-state index contributed by atoms with van der Waals surface area (Å²) in [7, 11) is 1.68. The second-order valence-electron chi connectivity index (χ2n) is 7.47. The Kier molecular flexibility index (Phi) is 4.73. The Morgan fingerprint density at radius 2 is 1.80 bits per heavy atom. The average Bonchev–Trinajstić information content (AvgIpc) is 2.79. The predicted octanol–water partition coefficient (Wildman–Crippen LogP) is 3.40. The molecule has 5 nitrogen and oxygen atoms in total. The fourth-order valence-corrected chi connectivity index (χ4v) is 4.14. The van der Waals surface area contributed by atoms with Crippen LogP contribution in [0.25, 0.3) is 22.1 Å². The smallest absolute Gasteiger partial charge is 0.336 e. The van der Waals surface area contributed by atoms with Crippen LogP contribution in [0.5, 0.6) is 11.5 Å². The maximum absolute atomic E-state index is 12.4. The summed E-state index contributed by atoms with van der Waals surface area (Å²) >= 11 is 0. The van der Waals surface area contributed by atoms with Gasteiger partial charge in [-0.3, -0.25) is 4.90 Å². The van der Waals surface area contributed by atoms with E-state index in [1.807, 2.05) is 60.7 Å². The molecular weight excluding hydrogens is 378 g/mol. The molecule has 0 fully saturated rings. The van der Waals surface area contributed by atoms with E-state index in [0.717, 1.165) is 45.7 Å². The van der Waals surface area contributed by atoms with Crippen LogP contribution in [0.3, 0.4) is 0 Å². The van der Waals surface area contributed by atoms with Gasteiger partial charge in [-0.1, -0.05) is 42.5 Å². The molecule has 5 heteroatoms. The number of benzene rings is 3. The Morgan fingerprint density at radius 1 is 1.00 bits per heavy atom. The summed E-state index contributed by atoms with van der Waals surface area (Å²) in [5.74, 6) is 1.64. The summed E-state index contributed by atoms with van der Waals surface area (Å²) in [5, 5.41) is 0.918. The number of quaternary nitrogens is 1. The Balaban J connectivity index is 1.56. The molecule has 3 aromatic carbocycles. The van der Waals surface area contributed by atoms with Crippen molar-refractivity contribution in [3.05, 3.63) is 94.3 Å². The Morgan fingerprint density at radius 3 is 2.63 bits per heavy atom. The Bertz CT molecular complexity index is 1260. The molecule has 30 heavy (non-hydrogen) atoms. The quantitative estimate of drug-likeness (QED) is 0.534. The number of nitrogens with one attached hydrogen (secondary N) is 1. The number of rotatable bonds is 4. The van der Waals surface area contributed by atoms with Gasteiger partial charge in [-0.05, 0) is 35.4 Å². The van der Waals surface area contributed by atoms with Gasteiger partial charge in [0.1, 0.15) is 24.6 Å². The summed E-state index contributed by atoms with van der Waals surface area (Å²) in [6.07, 6.45) is 0. The lowest BCUT2D eigenvalue weighted by molar-refractivity contribution is -0.945. The van der Waals surface area contributed by atoms with E-state index in [1.54, 1.807) is 13.2 Å². The number of fused-ring (bicyclic) bond motifs is 3. The van der Waals surface area contributed by atoms with Crippen LogP contribution in [0, 0.1) is 0 Å². The first-order chi connectivity index (χ1) is 14.7. The van der Waals surface area contributed by atoms with Gasteiger partial charge in [0, 0.05) is 17.0 Å². The van der Waals surface area contributed by atoms with Gasteiger partial charge in [-0.25, -0.2) is 4.79 Å². The normalized spacial score (nSPS) is 15.4. The monoisotopic (exact) mass is 400 g/mol. The van der Waals surface area contributed by atoms with Crippen LogP contribution in [0.2, 0.25) is 0 Å². The van der Waals surface area contributed by atoms with Gasteiger partial charge in [0.2, 0.25) is 6.73 Å². The third-order valence-corrected chi connectivity index (χ3v) is 5.55. The number of methoxy groups -OCH3 is 1. The largest absolute Gasteiger partial charge is 0.496 e. The molecule has 2 heterocycles. The van der Waals surface area contributed by atoms with Gasteiger partial charge in [-0.2, -0.15) is 0 Å². The first-order valence-electron chi connectivity index (χ1n) is 9.96. The zero-order valence-corrected chi connectivity index (χ0v) is 16.7. The molecule has 1 aromatic heterocycles. The van der Waals surface area contributed by atoms with Crippen molar-refractivity contribution in [2.24, 2.45) is 0 Å². The zero-order chi connectivity index (χ0) is 20.5. The molecule has 0 saturated carbocycles. The summed E-state index contributed by atoms with van der Waals surface area (Å²) < 4.78 is 17.2. The third kappa shape index (κ3) is 3.33. The number of hydrogen-bond donors (Lipinski definition) is 1. The number of para-hydroxylation sites is 1. The maximum Gasteiger partial charge on any atom is 0.336 e. The van der Waals surface area contributed by atoms with Crippen LogP contribution in [-0.4, -0.2) is 13.8 Å². The molecule has 4 aromatic rings. The fourth-order valence-electron chi connectivity index (χ4n) is 4.14. The molecule has 1 atom stereocenters. The maximum atomic E-state index is 12.4. The Hall–Kier alpha value is -3.57. The summed E-state index contributed by atoms with van der Waals surface area (Å²) in [5.41, 5.74) is 4.17. The standard InChI is InChI=1S/C25H21NO4/c1-28-22-10-6-5-9-18(22)14-26-15-21-23(29-16-26)12-11-19-20(13-24(27)30-25(19)21)17-7-3-2-4-8-17/h2-13H,14-16H2,1H3/p+1. The number of hydrogen-bond acceptors (Lipinski definition) is 4. The van der Waals surface area contributed by atoms with Gasteiger partial charge in [0.05, 0.1) is 12.7 Å². The number of ether oxygens (including phenoxy) is 2. The van der Waals surface area contributed by atoms with Crippen molar-refractivity contribution in [1.82, 2.24) is 0 Å². The van der Waals surface area contributed by atoms with Gasteiger partial charge in [0.15, 0.2) is 5.58 Å². The highest BCUT2D eigenvalue weighted by Gasteiger charge is 2.26. The lowest BCUT2D eigenvalue weighted by atomic mass is 9.99. The molecule has 0 saturated heterocycles. The van der Waals surface area contributed by atoms with Gasteiger partial charge in [-0.15, -0.1) is 0 Å². The molecule has 1 N–H and O–H groups in total. The average molecular weight is 400 g/mol. The minimum Gasteiger partial charge on any atom is -0.496 e. The van der Waals surface area contributed by atoms with Crippen molar-refractivity contribution in [3.63, 3.8) is 0 Å². The molecule has 0 bridgehead atoms. The minimum absolute atomic E-state index is 0.355. The lowest BCUT2D eigenvalue weighted by Crippen LogP contribution is -3.10. The SMILES string of the molecule is COc1ccccc1C[NH+]1COc2ccc3c(-c4ccccc4)cc(=O)oc3c2C1. The summed E-state index contributed by atoms with van der Waals surface area (Å²) in [6.45, 7) is 1.99. The minimum atomic E-state index is -0.355. The van der Waals surface area contributed by atoms with E-state index in [4.69, 9.17) is 13.9 Å². The van der Waals surface area contributed by atoms with Crippen LogP contribution >= 0.6 is 0 Å². The van der Waals surface area contributed by atoms with Crippen molar-refractivity contribution in [2.45, 2.75) is 13.1 Å². The second-order valence-corrected chi connectivity index (χ2v) is 7.47. The first-order valence-corrected chi connectivity index (χ1v) is 9.96. The van der Waals surface area contributed by atoms with Crippen LogP contribution in [-0.2, 0) is 13.1 Å². The third-order valence-electron chi connectivity index (χ3n) is 5.55. The van der Waals surface area contributed by atoms with Crippen molar-refractivity contribution < 1.29 is 18.8 Å². The van der Waals surface area contributed by atoms with Crippen molar-refractivity contribution in [3.8, 4) is 22.6 Å². The molecule has 0 radical (unpaired) electrons. The van der Waals surface area contributed by atoms with Crippen LogP contribution < -0.4 is 20.0 Å². The van der Waals surface area contributed by atoms with Gasteiger partial charge >= 0.3 is 5.63 Å². The van der Waals surface area contributed by atoms with Gasteiger partial charge < -0.3 is 13.9 Å². The molecule has 0 aliphatic carbocycles. The first kappa shape index (κ1) is 18.5. The topological polar surface area (TPSA) is 53.1 Å².